The van der Waals surface area contributed by atoms with Crippen LogP contribution in [0.25, 0.3) is 11.0 Å². The number of rotatable bonds is 5. The lowest BCUT2D eigenvalue weighted by atomic mass is 9.88. The number of carbonyl (C=O) groups is 2. The summed E-state index contributed by atoms with van der Waals surface area (Å²) in [7, 11) is 1.82. The van der Waals surface area contributed by atoms with Gasteiger partial charge in [-0.1, -0.05) is 19.3 Å². The summed E-state index contributed by atoms with van der Waals surface area (Å²) in [5.41, 5.74) is 3.38. The summed E-state index contributed by atoms with van der Waals surface area (Å²) in [5, 5.41) is 11.8. The van der Waals surface area contributed by atoms with Crippen LogP contribution in [0.4, 0.5) is 11.6 Å². The summed E-state index contributed by atoms with van der Waals surface area (Å²) in [6.45, 7) is 2.63. The molecule has 1 aromatic heterocycles. The molecule has 1 aliphatic rings. The molecule has 2 aromatic carbocycles. The van der Waals surface area contributed by atoms with Gasteiger partial charge in [-0.2, -0.15) is 5.26 Å². The number of aromatic nitrogens is 2. The van der Waals surface area contributed by atoms with Gasteiger partial charge in [-0.05, 0) is 62.2 Å². The van der Waals surface area contributed by atoms with Gasteiger partial charge >= 0.3 is 0 Å². The molecule has 7 nitrogen and oxygen atoms in total. The Balaban J connectivity index is 1.58. The average Bonchev–Trinajstić information content (AvgIpc) is 3.19. The zero-order chi connectivity index (χ0) is 22.7. The fraction of sp³-hybridized carbons (Fsp3) is 0.360. The molecular weight excluding hydrogens is 402 g/mol. The molecule has 0 atom stereocenters. The highest BCUT2D eigenvalue weighted by molar-refractivity contribution is 6.04. The van der Waals surface area contributed by atoms with Crippen LogP contribution in [0.15, 0.2) is 42.5 Å². The highest BCUT2D eigenvalue weighted by Crippen LogP contribution is 2.29. The van der Waals surface area contributed by atoms with Gasteiger partial charge in [0, 0.05) is 30.8 Å². The summed E-state index contributed by atoms with van der Waals surface area (Å²) in [5.74, 6) is 0.424. The third kappa shape index (κ3) is 4.22. The Labute approximate surface area is 187 Å². The van der Waals surface area contributed by atoms with Crippen molar-refractivity contribution in [1.29, 1.82) is 5.26 Å². The number of hydrogen-bond acceptors (Lipinski definition) is 4. The van der Waals surface area contributed by atoms with Gasteiger partial charge in [0.15, 0.2) is 0 Å². The second-order valence-electron chi connectivity index (χ2n) is 8.23. The molecule has 0 aliphatic heterocycles. The van der Waals surface area contributed by atoms with E-state index < -0.39 is 0 Å². The normalized spacial score (nSPS) is 14.2. The largest absolute Gasteiger partial charge is 0.315 e. The second-order valence-corrected chi connectivity index (χ2v) is 8.23. The first kappa shape index (κ1) is 21.6. The molecule has 1 N–H and O–H groups in total. The molecule has 0 radical (unpaired) electrons. The average molecular weight is 430 g/mol. The quantitative estimate of drug-likeness (QED) is 0.635. The van der Waals surface area contributed by atoms with Crippen LogP contribution in [0, 0.1) is 17.2 Å². The molecule has 7 heteroatoms. The van der Waals surface area contributed by atoms with Crippen molar-refractivity contribution < 1.29 is 9.59 Å². The number of amides is 2. The van der Waals surface area contributed by atoms with Gasteiger partial charge < -0.3 is 9.47 Å². The maximum atomic E-state index is 12.9. The molecule has 1 aliphatic carbocycles. The summed E-state index contributed by atoms with van der Waals surface area (Å²) in [6.07, 6.45) is 5.37. The Hall–Kier alpha value is -3.66. The Kier molecular flexibility index (Phi) is 6.22. The fourth-order valence-electron chi connectivity index (χ4n) is 4.36. The van der Waals surface area contributed by atoms with Crippen molar-refractivity contribution in [2.45, 2.75) is 45.6 Å². The molecule has 0 saturated heterocycles. The van der Waals surface area contributed by atoms with Gasteiger partial charge in [0.25, 0.3) is 5.91 Å². The molecule has 1 fully saturated rings. The summed E-state index contributed by atoms with van der Waals surface area (Å²) in [4.78, 5) is 32.0. The van der Waals surface area contributed by atoms with Gasteiger partial charge in [-0.3, -0.25) is 14.9 Å². The lowest BCUT2D eigenvalue weighted by Crippen LogP contribution is -2.33. The van der Waals surface area contributed by atoms with E-state index in [2.05, 4.69) is 10.3 Å². The van der Waals surface area contributed by atoms with E-state index in [1.807, 2.05) is 42.8 Å². The van der Waals surface area contributed by atoms with E-state index in [1.54, 1.807) is 29.2 Å². The van der Waals surface area contributed by atoms with Gasteiger partial charge in [0.2, 0.25) is 11.9 Å². The Bertz CT molecular complexity index is 1180. The second kappa shape index (κ2) is 9.23. The van der Waals surface area contributed by atoms with Gasteiger partial charge in [0.1, 0.15) is 0 Å². The third-order valence-corrected chi connectivity index (χ3v) is 6.22. The van der Waals surface area contributed by atoms with Crippen molar-refractivity contribution in [1.82, 2.24) is 9.55 Å². The molecular formula is C25H27N5O2. The number of fused-ring (bicyclic) bond motifs is 1. The van der Waals surface area contributed by atoms with Crippen LogP contribution in [-0.2, 0) is 11.3 Å². The fourth-order valence-corrected chi connectivity index (χ4v) is 4.36. The zero-order valence-electron chi connectivity index (χ0n) is 18.5. The van der Waals surface area contributed by atoms with Crippen LogP contribution in [0.2, 0.25) is 0 Å². The van der Waals surface area contributed by atoms with E-state index >= 15 is 0 Å². The number of nitrogens with one attached hydrogen (secondary N) is 1. The summed E-state index contributed by atoms with van der Waals surface area (Å²) < 4.78 is 1.93. The zero-order valence-corrected chi connectivity index (χ0v) is 18.5. The van der Waals surface area contributed by atoms with E-state index in [-0.39, 0.29) is 17.7 Å². The van der Waals surface area contributed by atoms with Crippen molar-refractivity contribution in [2.24, 2.45) is 5.92 Å². The van der Waals surface area contributed by atoms with Crippen LogP contribution < -0.4 is 10.2 Å². The number of carbonyl (C=O) groups excluding carboxylic acids is 2. The number of hydrogen-bond donors (Lipinski definition) is 1. The molecule has 3 aromatic rings. The van der Waals surface area contributed by atoms with Crippen LogP contribution in [0.3, 0.4) is 0 Å². The first-order valence-corrected chi connectivity index (χ1v) is 11.1. The van der Waals surface area contributed by atoms with Gasteiger partial charge in [-0.25, -0.2) is 4.98 Å². The molecule has 32 heavy (non-hydrogen) atoms. The van der Waals surface area contributed by atoms with E-state index in [4.69, 9.17) is 5.26 Å². The standard InChI is InChI=1S/C25H27N5O2/c1-3-30-22-14-13-20(29(2)24(32)19-7-5-4-6-8-19)15-21(22)27-25(30)28-23(31)18-11-9-17(16-26)10-12-18/h9-15,19H,3-8H2,1-2H3,(H,27,28,31). The molecule has 0 unspecified atom stereocenters. The van der Waals surface area contributed by atoms with Crippen LogP contribution in [-0.4, -0.2) is 28.4 Å². The van der Waals surface area contributed by atoms with Crippen molar-refractivity contribution >= 4 is 34.5 Å². The minimum absolute atomic E-state index is 0.0971. The maximum absolute atomic E-state index is 12.9. The molecule has 0 bridgehead atoms. The molecule has 0 spiro atoms. The van der Waals surface area contributed by atoms with E-state index in [1.165, 1.54) is 6.42 Å². The Morgan fingerprint density at radius 1 is 1.16 bits per heavy atom. The topological polar surface area (TPSA) is 91.0 Å². The van der Waals surface area contributed by atoms with Crippen molar-refractivity contribution in [3.63, 3.8) is 0 Å². The SMILES string of the molecule is CCn1c(NC(=O)c2ccc(C#N)cc2)nc2cc(N(C)C(=O)C3CCCCC3)ccc21. The summed E-state index contributed by atoms with van der Waals surface area (Å²) in [6, 6.07) is 14.3. The van der Waals surface area contributed by atoms with E-state index in [9.17, 15) is 9.59 Å². The summed E-state index contributed by atoms with van der Waals surface area (Å²) >= 11 is 0. The maximum Gasteiger partial charge on any atom is 0.257 e. The minimum Gasteiger partial charge on any atom is -0.315 e. The van der Waals surface area contributed by atoms with Crippen molar-refractivity contribution in [3.05, 3.63) is 53.6 Å². The van der Waals surface area contributed by atoms with Crippen molar-refractivity contribution in [3.8, 4) is 6.07 Å². The molecule has 2 amide bonds. The lowest BCUT2D eigenvalue weighted by Gasteiger charge is -2.26. The number of nitriles is 1. The first-order chi connectivity index (χ1) is 15.5. The Morgan fingerprint density at radius 2 is 1.88 bits per heavy atom. The predicted octanol–water partition coefficient (Wildman–Crippen LogP) is 4.72. The van der Waals surface area contributed by atoms with E-state index in [0.717, 1.165) is 42.4 Å². The van der Waals surface area contributed by atoms with Crippen LogP contribution in [0.1, 0.15) is 54.9 Å². The van der Waals surface area contributed by atoms with Crippen molar-refractivity contribution in [2.75, 3.05) is 17.3 Å². The molecule has 164 valence electrons. The molecule has 4 rings (SSSR count). The van der Waals surface area contributed by atoms with Gasteiger partial charge in [-0.15, -0.1) is 0 Å². The Morgan fingerprint density at radius 3 is 2.53 bits per heavy atom. The van der Waals surface area contributed by atoms with Crippen LogP contribution in [0.5, 0.6) is 0 Å². The molecule has 1 heterocycles. The van der Waals surface area contributed by atoms with Crippen LogP contribution >= 0.6 is 0 Å². The third-order valence-electron chi connectivity index (χ3n) is 6.22. The lowest BCUT2D eigenvalue weighted by molar-refractivity contribution is -0.123. The number of imidazole rings is 1. The number of benzene rings is 2. The molecule has 1 saturated carbocycles. The highest BCUT2D eigenvalue weighted by atomic mass is 16.2. The number of anilines is 2. The highest BCUT2D eigenvalue weighted by Gasteiger charge is 2.25. The minimum atomic E-state index is -0.288. The smallest absolute Gasteiger partial charge is 0.257 e. The van der Waals surface area contributed by atoms with Gasteiger partial charge in [0.05, 0.1) is 22.7 Å². The van der Waals surface area contributed by atoms with E-state index in [0.29, 0.717) is 23.6 Å². The number of nitrogens with zero attached hydrogens (tertiary/aromatic N) is 4. The predicted molar refractivity (Wildman–Crippen MR) is 125 cm³/mol. The number of aryl methyl sites for hydroxylation is 1. The first-order valence-electron chi connectivity index (χ1n) is 11.1. The monoisotopic (exact) mass is 429 g/mol.